The first-order valence-electron chi connectivity index (χ1n) is 8.59. The third-order valence-corrected chi connectivity index (χ3v) is 5.65. The molecule has 0 amide bonds. The summed E-state index contributed by atoms with van der Waals surface area (Å²) in [7, 11) is 0. The van der Waals surface area contributed by atoms with Gasteiger partial charge in [0.2, 0.25) is 0 Å². The molecule has 0 bridgehead atoms. The zero-order chi connectivity index (χ0) is 18.7. The van der Waals surface area contributed by atoms with Crippen LogP contribution in [0, 0.1) is 6.92 Å². The molecule has 1 aliphatic heterocycles. The molecule has 1 N–H and O–H groups in total. The van der Waals surface area contributed by atoms with E-state index in [0.717, 1.165) is 39.2 Å². The number of aryl methyl sites for hydroxylation is 2. The summed E-state index contributed by atoms with van der Waals surface area (Å²) in [6.07, 6.45) is 2.33. The molecule has 1 saturated heterocycles. The Hall–Kier alpha value is -1.34. The molecule has 1 aromatic carbocycles. The molecule has 0 saturated carbocycles. The highest BCUT2D eigenvalue weighted by Gasteiger charge is 2.35. The topological polar surface area (TPSA) is 49.5 Å². The summed E-state index contributed by atoms with van der Waals surface area (Å²) in [6, 6.07) is 9.68. The van der Waals surface area contributed by atoms with Crippen LogP contribution in [0.25, 0.3) is 0 Å². The molecule has 7 heteroatoms. The van der Waals surface area contributed by atoms with Crippen molar-refractivity contribution in [2.24, 2.45) is 0 Å². The van der Waals surface area contributed by atoms with Crippen LogP contribution < -0.4 is 0 Å². The zero-order valence-electron chi connectivity index (χ0n) is 14.5. The molecule has 2 atom stereocenters. The van der Waals surface area contributed by atoms with Crippen molar-refractivity contribution < 1.29 is 9.63 Å². The number of hydrogen-bond acceptors (Lipinski definition) is 5. The van der Waals surface area contributed by atoms with Gasteiger partial charge in [-0.2, -0.15) is 0 Å². The van der Waals surface area contributed by atoms with Crippen molar-refractivity contribution in [2.45, 2.75) is 44.8 Å². The molecule has 4 nitrogen and oxygen atoms in total. The van der Waals surface area contributed by atoms with Gasteiger partial charge in [-0.3, -0.25) is 0 Å². The first-order chi connectivity index (χ1) is 12.4. The third-order valence-electron chi connectivity index (χ3n) is 4.55. The fourth-order valence-corrected chi connectivity index (χ4v) is 4.03. The van der Waals surface area contributed by atoms with Gasteiger partial charge < -0.3 is 14.5 Å². The molecule has 0 radical (unpaired) electrons. The summed E-state index contributed by atoms with van der Waals surface area (Å²) in [5.41, 5.74) is 2.03. The molecule has 1 aromatic heterocycles. The van der Waals surface area contributed by atoms with Crippen molar-refractivity contribution in [3.8, 4) is 0 Å². The van der Waals surface area contributed by atoms with E-state index in [0.29, 0.717) is 19.4 Å². The van der Waals surface area contributed by atoms with E-state index in [2.05, 4.69) is 5.16 Å². The number of aliphatic hydroxyl groups is 1. The van der Waals surface area contributed by atoms with E-state index in [4.69, 9.17) is 40.6 Å². The normalized spacial score (nSPS) is 19.7. The molecule has 1 aliphatic rings. The number of β-amino-alcohol motifs (C(OH)–C–C–N with tert-alkyl or cyclic N) is 1. The Kier molecular flexibility index (Phi) is 6.40. The van der Waals surface area contributed by atoms with E-state index >= 15 is 0 Å². The second kappa shape index (κ2) is 8.57. The lowest BCUT2D eigenvalue weighted by Crippen LogP contribution is -2.40. The average molecular weight is 409 g/mol. The number of rotatable bonds is 6. The molecule has 0 aliphatic carbocycles. The summed E-state index contributed by atoms with van der Waals surface area (Å²) in [5.74, 6) is 0.736. The van der Waals surface area contributed by atoms with Crippen LogP contribution in [0.1, 0.15) is 29.9 Å². The van der Waals surface area contributed by atoms with Crippen LogP contribution in [-0.4, -0.2) is 43.7 Å². The predicted octanol–water partition coefficient (Wildman–Crippen LogP) is 3.94. The van der Waals surface area contributed by atoms with Gasteiger partial charge in [-0.1, -0.05) is 53.3 Å². The Morgan fingerprint density at radius 1 is 1.35 bits per heavy atom. The van der Waals surface area contributed by atoms with Gasteiger partial charge in [0.05, 0.1) is 29.2 Å². The number of benzene rings is 1. The van der Waals surface area contributed by atoms with Crippen molar-refractivity contribution >= 4 is 45.9 Å². The van der Waals surface area contributed by atoms with Gasteiger partial charge in [-0.05, 0) is 37.5 Å². The summed E-state index contributed by atoms with van der Waals surface area (Å²) in [6.45, 7) is 2.39. The van der Waals surface area contributed by atoms with Gasteiger partial charge in [0, 0.05) is 28.9 Å². The minimum Gasteiger partial charge on any atom is -0.391 e. The van der Waals surface area contributed by atoms with Gasteiger partial charge in [0.15, 0.2) is 0 Å². The van der Waals surface area contributed by atoms with Crippen LogP contribution in [0.5, 0.6) is 0 Å². The van der Waals surface area contributed by atoms with E-state index in [-0.39, 0.29) is 6.04 Å². The van der Waals surface area contributed by atoms with Gasteiger partial charge in [0.25, 0.3) is 0 Å². The van der Waals surface area contributed by atoms with Gasteiger partial charge in [-0.15, -0.1) is 0 Å². The number of halogens is 1. The van der Waals surface area contributed by atoms with Crippen molar-refractivity contribution in [3.05, 3.63) is 52.4 Å². The molecule has 0 spiro atoms. The lowest BCUT2D eigenvalue weighted by atomic mass is 10.0. The predicted molar refractivity (Wildman–Crippen MR) is 111 cm³/mol. The quantitative estimate of drug-likeness (QED) is 0.730. The van der Waals surface area contributed by atoms with Crippen molar-refractivity contribution in [1.29, 1.82) is 0 Å². The first-order valence-corrected chi connectivity index (χ1v) is 9.78. The SMILES string of the molecule is Cc1cc(CC(=S)N2C[C@H](O)C[C@H]2C(=S)CCc2ccc(Cl)cc2)on1. The Bertz CT molecular complexity index is 791. The maximum atomic E-state index is 10.1. The Labute approximate surface area is 169 Å². The van der Waals surface area contributed by atoms with E-state index in [1.165, 1.54) is 5.56 Å². The number of aliphatic hydroxyl groups excluding tert-OH is 1. The lowest BCUT2D eigenvalue weighted by Gasteiger charge is -2.27. The van der Waals surface area contributed by atoms with E-state index in [1.54, 1.807) is 0 Å². The van der Waals surface area contributed by atoms with E-state index < -0.39 is 6.10 Å². The zero-order valence-corrected chi connectivity index (χ0v) is 16.9. The molecule has 2 aromatic rings. The smallest absolute Gasteiger partial charge is 0.143 e. The average Bonchev–Trinajstić information content (AvgIpc) is 3.19. The second-order valence-corrected chi connectivity index (χ2v) is 8.09. The van der Waals surface area contributed by atoms with Crippen molar-refractivity contribution in [1.82, 2.24) is 10.1 Å². The highest BCUT2D eigenvalue weighted by molar-refractivity contribution is 7.80. The summed E-state index contributed by atoms with van der Waals surface area (Å²) in [5, 5.41) is 14.8. The fraction of sp³-hybridized carbons (Fsp3) is 0.421. The highest BCUT2D eigenvalue weighted by atomic mass is 35.5. The maximum Gasteiger partial charge on any atom is 0.143 e. The highest BCUT2D eigenvalue weighted by Crippen LogP contribution is 2.24. The number of likely N-dealkylation sites (tertiary alicyclic amines) is 1. The number of thiocarbonyl (C=S) groups is 2. The molecule has 138 valence electrons. The number of aromatic nitrogens is 1. The van der Waals surface area contributed by atoms with Crippen LogP contribution >= 0.6 is 36.0 Å². The Balaban J connectivity index is 1.61. The van der Waals surface area contributed by atoms with Crippen molar-refractivity contribution in [3.63, 3.8) is 0 Å². The Morgan fingerprint density at radius 2 is 2.08 bits per heavy atom. The first kappa shape index (κ1) is 19.4. The van der Waals surface area contributed by atoms with E-state index in [9.17, 15) is 5.11 Å². The van der Waals surface area contributed by atoms with Crippen LogP contribution in [0.4, 0.5) is 0 Å². The molecule has 1 fully saturated rings. The summed E-state index contributed by atoms with van der Waals surface area (Å²) in [4.78, 5) is 3.70. The van der Waals surface area contributed by atoms with Crippen molar-refractivity contribution in [2.75, 3.05) is 6.54 Å². The number of hydrogen-bond donors (Lipinski definition) is 1. The van der Waals surface area contributed by atoms with Crippen LogP contribution in [-0.2, 0) is 12.8 Å². The minimum absolute atomic E-state index is 0.0104. The minimum atomic E-state index is -0.414. The van der Waals surface area contributed by atoms with Gasteiger partial charge in [-0.25, -0.2) is 0 Å². The monoisotopic (exact) mass is 408 g/mol. The Morgan fingerprint density at radius 3 is 2.73 bits per heavy atom. The molecule has 2 heterocycles. The fourth-order valence-electron chi connectivity index (χ4n) is 3.23. The second-order valence-electron chi connectivity index (χ2n) is 6.66. The third kappa shape index (κ3) is 4.88. The molecule has 0 unspecified atom stereocenters. The molecule has 3 rings (SSSR count). The summed E-state index contributed by atoms with van der Waals surface area (Å²) < 4.78 is 5.26. The lowest BCUT2D eigenvalue weighted by molar-refractivity contribution is 0.188. The van der Waals surface area contributed by atoms with Gasteiger partial charge >= 0.3 is 0 Å². The number of nitrogens with zero attached hydrogens (tertiary/aromatic N) is 2. The van der Waals surface area contributed by atoms with Crippen LogP contribution in [0.3, 0.4) is 0 Å². The molecule has 26 heavy (non-hydrogen) atoms. The standard InChI is InChI=1S/C19H21ClN2O2S2/c1-12-8-16(24-21-12)10-19(26)22-11-15(23)9-17(22)18(25)7-4-13-2-5-14(20)6-3-13/h2-3,5-6,8,15,17,23H,4,7,9-11H2,1H3/t15-,17+/m1/s1. The van der Waals surface area contributed by atoms with Crippen LogP contribution in [0.2, 0.25) is 5.02 Å². The molecular formula is C19H21ClN2O2S2. The largest absolute Gasteiger partial charge is 0.391 e. The van der Waals surface area contributed by atoms with E-state index in [1.807, 2.05) is 42.2 Å². The molecular weight excluding hydrogens is 388 g/mol. The summed E-state index contributed by atoms with van der Waals surface area (Å²) >= 11 is 17.2. The van der Waals surface area contributed by atoms with Gasteiger partial charge in [0.1, 0.15) is 5.76 Å². The van der Waals surface area contributed by atoms with Crippen LogP contribution in [0.15, 0.2) is 34.9 Å². The maximum absolute atomic E-state index is 10.1.